The first-order chi connectivity index (χ1) is 22.3. The molecule has 1 heteroatoms. The quantitative estimate of drug-likeness (QED) is 0.202. The number of rotatable bonds is 2. The Labute approximate surface area is 262 Å². The van der Waals surface area contributed by atoms with Gasteiger partial charge in [0.05, 0.1) is 5.41 Å². The molecule has 0 amide bonds. The minimum Gasteiger partial charge on any atom is -0.265 e. The molecule has 0 fully saturated rings. The molecule has 1 aromatic heterocycles. The standard InChI is InChI=1S/C44H27N/c1-2-10-32-30(9-1)21-22-40-42(32)43-36-14-4-3-11-33(36)37(31-19-17-28(18-20-31)29-23-25-45-26-24-29)27-41(43)44(40)38-15-7-5-12-34(38)35-13-6-8-16-39(35)44/h1-27H. The fraction of sp³-hybridized carbons (Fsp3) is 0.0227. The Morgan fingerprint density at radius 1 is 0.356 bits per heavy atom. The summed E-state index contributed by atoms with van der Waals surface area (Å²) in [6.45, 7) is 0. The molecule has 0 saturated carbocycles. The van der Waals surface area contributed by atoms with Crippen LogP contribution in [-0.4, -0.2) is 4.98 Å². The summed E-state index contributed by atoms with van der Waals surface area (Å²) in [5, 5.41) is 5.18. The van der Waals surface area contributed by atoms with Gasteiger partial charge in [-0.1, -0.05) is 133 Å². The number of fused-ring (bicyclic) bond motifs is 14. The van der Waals surface area contributed by atoms with E-state index in [-0.39, 0.29) is 0 Å². The molecule has 1 nitrogen and oxygen atoms in total. The summed E-state index contributed by atoms with van der Waals surface area (Å²) in [6.07, 6.45) is 3.71. The molecular weight excluding hydrogens is 542 g/mol. The van der Waals surface area contributed by atoms with Crippen molar-refractivity contribution in [1.82, 2.24) is 4.98 Å². The van der Waals surface area contributed by atoms with Crippen LogP contribution in [0, 0.1) is 0 Å². The average molecular weight is 570 g/mol. The van der Waals surface area contributed by atoms with Gasteiger partial charge in [0.2, 0.25) is 0 Å². The maximum atomic E-state index is 4.21. The Bertz CT molecular complexity index is 2420. The van der Waals surface area contributed by atoms with E-state index in [9.17, 15) is 0 Å². The van der Waals surface area contributed by atoms with Crippen LogP contribution in [0.5, 0.6) is 0 Å². The molecule has 0 bridgehead atoms. The van der Waals surface area contributed by atoms with Gasteiger partial charge < -0.3 is 0 Å². The van der Waals surface area contributed by atoms with E-state index in [1.807, 2.05) is 12.4 Å². The summed E-state index contributed by atoms with van der Waals surface area (Å²) in [5.74, 6) is 0. The summed E-state index contributed by atoms with van der Waals surface area (Å²) in [4.78, 5) is 4.21. The number of nitrogens with zero attached hydrogens (tertiary/aromatic N) is 1. The Morgan fingerprint density at radius 2 is 0.911 bits per heavy atom. The van der Waals surface area contributed by atoms with E-state index in [4.69, 9.17) is 0 Å². The number of hydrogen-bond acceptors (Lipinski definition) is 1. The second kappa shape index (κ2) is 9.11. The Hall–Kier alpha value is -5.79. The minimum atomic E-state index is -0.405. The maximum absolute atomic E-state index is 4.21. The Kier molecular flexibility index (Phi) is 4.99. The molecule has 10 rings (SSSR count). The average Bonchev–Trinajstić information content (AvgIpc) is 3.59. The number of hydrogen-bond donors (Lipinski definition) is 0. The third kappa shape index (κ3) is 3.20. The van der Waals surface area contributed by atoms with E-state index >= 15 is 0 Å². The van der Waals surface area contributed by atoms with Gasteiger partial charge in [-0.15, -0.1) is 0 Å². The molecule has 45 heavy (non-hydrogen) atoms. The summed E-state index contributed by atoms with van der Waals surface area (Å²) < 4.78 is 0. The van der Waals surface area contributed by atoms with Crippen LogP contribution in [0.25, 0.3) is 66.1 Å². The SMILES string of the molecule is c1ccc2c(c1)-c1ccccc1C21c2ccc3ccccc3c2-c2c1cc(-c1ccc(-c3ccncc3)cc1)c1ccccc21. The van der Waals surface area contributed by atoms with E-state index < -0.39 is 5.41 Å². The fourth-order valence-electron chi connectivity index (χ4n) is 8.38. The second-order valence-electron chi connectivity index (χ2n) is 12.3. The maximum Gasteiger partial charge on any atom is 0.0726 e. The zero-order chi connectivity index (χ0) is 29.5. The lowest BCUT2D eigenvalue weighted by molar-refractivity contribution is 0.795. The summed E-state index contributed by atoms with van der Waals surface area (Å²) >= 11 is 0. The predicted octanol–water partition coefficient (Wildman–Crippen LogP) is 11.1. The fourth-order valence-corrected chi connectivity index (χ4v) is 8.38. The highest BCUT2D eigenvalue weighted by atomic mass is 14.6. The third-order valence-corrected chi connectivity index (χ3v) is 10.2. The molecule has 0 N–H and O–H groups in total. The molecule has 0 aliphatic heterocycles. The van der Waals surface area contributed by atoms with Crippen LogP contribution in [0.15, 0.2) is 164 Å². The van der Waals surface area contributed by atoms with Crippen molar-refractivity contribution in [2.45, 2.75) is 5.41 Å². The van der Waals surface area contributed by atoms with E-state index in [1.54, 1.807) is 0 Å². The first kappa shape index (κ1) is 24.6. The largest absolute Gasteiger partial charge is 0.265 e. The third-order valence-electron chi connectivity index (χ3n) is 10.2. The van der Waals surface area contributed by atoms with Crippen LogP contribution in [0.1, 0.15) is 22.3 Å². The molecule has 0 unspecified atom stereocenters. The molecule has 7 aromatic carbocycles. The van der Waals surface area contributed by atoms with Crippen molar-refractivity contribution in [1.29, 1.82) is 0 Å². The molecule has 2 aliphatic carbocycles. The van der Waals surface area contributed by atoms with E-state index in [0.717, 1.165) is 0 Å². The highest BCUT2D eigenvalue weighted by Crippen LogP contribution is 2.65. The lowest BCUT2D eigenvalue weighted by atomic mass is 9.70. The van der Waals surface area contributed by atoms with E-state index in [1.165, 1.54) is 88.3 Å². The lowest BCUT2D eigenvalue weighted by Gasteiger charge is -2.31. The Morgan fingerprint density at radius 3 is 1.64 bits per heavy atom. The molecule has 0 radical (unpaired) electrons. The van der Waals surface area contributed by atoms with Crippen LogP contribution in [0.4, 0.5) is 0 Å². The van der Waals surface area contributed by atoms with Crippen molar-refractivity contribution in [2.75, 3.05) is 0 Å². The van der Waals surface area contributed by atoms with Gasteiger partial charge in [0.15, 0.2) is 0 Å². The molecule has 1 heterocycles. The highest BCUT2D eigenvalue weighted by Gasteiger charge is 2.52. The van der Waals surface area contributed by atoms with Crippen LogP contribution >= 0.6 is 0 Å². The van der Waals surface area contributed by atoms with Crippen LogP contribution in [0.2, 0.25) is 0 Å². The normalized spacial score (nSPS) is 13.5. The monoisotopic (exact) mass is 569 g/mol. The number of pyridine rings is 1. The zero-order valence-electron chi connectivity index (χ0n) is 24.5. The molecule has 1 spiro atoms. The molecule has 208 valence electrons. The van der Waals surface area contributed by atoms with Gasteiger partial charge in [-0.2, -0.15) is 0 Å². The van der Waals surface area contributed by atoms with Gasteiger partial charge in [-0.05, 0) is 107 Å². The van der Waals surface area contributed by atoms with E-state index in [2.05, 4.69) is 157 Å². The molecule has 0 saturated heterocycles. The van der Waals surface area contributed by atoms with Gasteiger partial charge in [0.25, 0.3) is 0 Å². The van der Waals surface area contributed by atoms with Crippen molar-refractivity contribution < 1.29 is 0 Å². The number of aromatic nitrogens is 1. The highest BCUT2D eigenvalue weighted by molar-refractivity contribution is 6.16. The van der Waals surface area contributed by atoms with Crippen LogP contribution in [-0.2, 0) is 5.41 Å². The van der Waals surface area contributed by atoms with Gasteiger partial charge in [0.1, 0.15) is 0 Å². The topological polar surface area (TPSA) is 12.9 Å². The minimum absolute atomic E-state index is 0.405. The van der Waals surface area contributed by atoms with Crippen molar-refractivity contribution in [3.05, 3.63) is 186 Å². The van der Waals surface area contributed by atoms with Crippen molar-refractivity contribution >= 4 is 21.5 Å². The van der Waals surface area contributed by atoms with Crippen molar-refractivity contribution in [3.63, 3.8) is 0 Å². The molecule has 2 aliphatic rings. The second-order valence-corrected chi connectivity index (χ2v) is 12.3. The molecular formula is C44H27N. The first-order valence-electron chi connectivity index (χ1n) is 15.6. The summed E-state index contributed by atoms with van der Waals surface area (Å²) in [6, 6.07) is 56.5. The smallest absolute Gasteiger partial charge is 0.0726 e. The van der Waals surface area contributed by atoms with Gasteiger partial charge in [-0.3, -0.25) is 4.98 Å². The predicted molar refractivity (Wildman–Crippen MR) is 186 cm³/mol. The van der Waals surface area contributed by atoms with Crippen molar-refractivity contribution in [2.24, 2.45) is 0 Å². The van der Waals surface area contributed by atoms with Crippen LogP contribution in [0.3, 0.4) is 0 Å². The molecule has 8 aromatic rings. The van der Waals surface area contributed by atoms with E-state index in [0.29, 0.717) is 0 Å². The number of benzene rings is 7. The molecule has 0 atom stereocenters. The Balaban J connectivity index is 1.35. The van der Waals surface area contributed by atoms with Crippen molar-refractivity contribution in [3.8, 4) is 44.5 Å². The van der Waals surface area contributed by atoms with Crippen LogP contribution < -0.4 is 0 Å². The first-order valence-corrected chi connectivity index (χ1v) is 15.6. The zero-order valence-corrected chi connectivity index (χ0v) is 24.5. The summed E-state index contributed by atoms with van der Waals surface area (Å²) in [5.41, 5.74) is 15.3. The van der Waals surface area contributed by atoms with Gasteiger partial charge in [-0.25, -0.2) is 0 Å². The van der Waals surface area contributed by atoms with Gasteiger partial charge in [0, 0.05) is 12.4 Å². The summed E-state index contributed by atoms with van der Waals surface area (Å²) in [7, 11) is 0. The lowest BCUT2D eigenvalue weighted by Crippen LogP contribution is -2.26. The van der Waals surface area contributed by atoms with Gasteiger partial charge >= 0.3 is 0 Å².